The Morgan fingerprint density at radius 3 is 2.83 bits per heavy atom. The van der Waals surface area contributed by atoms with Gasteiger partial charge in [-0.05, 0) is 19.9 Å². The second-order valence-corrected chi connectivity index (χ2v) is 7.64. The number of carbonyl (C=O) groups excluding carboxylic acids is 1. The molecule has 2 rings (SSSR count). The minimum atomic E-state index is -0.817. The van der Waals surface area contributed by atoms with E-state index >= 15 is 0 Å². The topological polar surface area (TPSA) is 68.2 Å². The van der Waals surface area contributed by atoms with E-state index in [1.165, 1.54) is 36.1 Å². The molecule has 0 bridgehead atoms. The lowest BCUT2D eigenvalue weighted by Gasteiger charge is -2.33. The molecule has 1 saturated heterocycles. The molecule has 0 spiro atoms. The molecular weight excluding hydrogens is 339 g/mol. The summed E-state index contributed by atoms with van der Waals surface area (Å²) in [5.41, 5.74) is 0.285. The van der Waals surface area contributed by atoms with Crippen molar-refractivity contribution in [1.82, 2.24) is 15.4 Å². The lowest BCUT2D eigenvalue weighted by Crippen LogP contribution is -2.55. The number of benzene rings is 1. The third-order valence-corrected chi connectivity index (χ3v) is 4.81. The molecule has 0 saturated carbocycles. The zero-order valence-electron chi connectivity index (χ0n) is 12.9. The summed E-state index contributed by atoms with van der Waals surface area (Å²) in [5, 5.41) is 18.6. The maximum absolute atomic E-state index is 13.7. The van der Waals surface area contributed by atoms with Gasteiger partial charge in [0.25, 0.3) is 0 Å². The fraction of sp³-hybridized carbons (Fsp3) is 0.357. The Labute approximate surface area is 143 Å². The number of thioether (sulfide) groups is 1. The van der Waals surface area contributed by atoms with Gasteiger partial charge in [0.05, 0.1) is 11.0 Å². The van der Waals surface area contributed by atoms with Gasteiger partial charge in [-0.2, -0.15) is 10.2 Å². The molecule has 0 aromatic heterocycles. The highest BCUT2D eigenvalue weighted by Gasteiger charge is 2.49. The van der Waals surface area contributed by atoms with Crippen LogP contribution >= 0.6 is 24.0 Å². The Kier molecular flexibility index (Phi) is 5.23. The molecule has 0 aliphatic carbocycles. The van der Waals surface area contributed by atoms with E-state index in [1.807, 2.05) is 13.8 Å². The number of carbonyl (C=O) groups is 1. The van der Waals surface area contributed by atoms with Gasteiger partial charge < -0.3 is 5.32 Å². The number of hydrogen-bond donors (Lipinski definition) is 2. The quantitative estimate of drug-likeness (QED) is 0.377. The number of rotatable bonds is 3. The molecule has 1 aromatic carbocycles. The molecule has 1 aliphatic heterocycles. The van der Waals surface area contributed by atoms with E-state index in [4.69, 9.17) is 12.2 Å². The Bertz CT molecular complexity index is 653. The first-order valence-corrected chi connectivity index (χ1v) is 8.01. The second kappa shape index (κ2) is 6.81. The van der Waals surface area contributed by atoms with Crippen molar-refractivity contribution < 1.29 is 14.4 Å². The van der Waals surface area contributed by atoms with Gasteiger partial charge in [-0.15, -0.1) is 0 Å². The van der Waals surface area contributed by atoms with Crippen molar-refractivity contribution in [3.05, 3.63) is 35.6 Å². The fourth-order valence-corrected chi connectivity index (χ4v) is 3.94. The molecule has 1 heterocycles. The zero-order chi connectivity index (χ0) is 17.2. The third kappa shape index (κ3) is 3.62. The molecule has 1 aromatic rings. The van der Waals surface area contributed by atoms with Gasteiger partial charge >= 0.3 is 6.03 Å². The van der Waals surface area contributed by atoms with Crippen LogP contribution in [0.15, 0.2) is 29.4 Å². The van der Waals surface area contributed by atoms with E-state index in [-0.39, 0.29) is 5.56 Å². The van der Waals surface area contributed by atoms with Crippen LogP contribution in [0.3, 0.4) is 0 Å². The van der Waals surface area contributed by atoms with Gasteiger partial charge in [-0.1, -0.05) is 42.2 Å². The van der Waals surface area contributed by atoms with E-state index in [2.05, 4.69) is 10.4 Å². The number of hydrogen-bond acceptors (Lipinski definition) is 5. The molecule has 1 aliphatic rings. The van der Waals surface area contributed by atoms with Gasteiger partial charge in [0.1, 0.15) is 5.82 Å². The summed E-state index contributed by atoms with van der Waals surface area (Å²) in [7, 11) is 1.41. The zero-order valence-corrected chi connectivity index (χ0v) is 14.5. The van der Waals surface area contributed by atoms with E-state index in [0.717, 1.165) is 0 Å². The Morgan fingerprint density at radius 2 is 2.22 bits per heavy atom. The van der Waals surface area contributed by atoms with E-state index in [0.29, 0.717) is 9.38 Å². The lowest BCUT2D eigenvalue weighted by molar-refractivity contribution is -0.117. The highest BCUT2D eigenvalue weighted by molar-refractivity contribution is 8.24. The fourth-order valence-electron chi connectivity index (χ4n) is 2.16. The number of hydrazone groups is 1. The van der Waals surface area contributed by atoms with Crippen molar-refractivity contribution in [2.24, 2.45) is 5.10 Å². The van der Waals surface area contributed by atoms with Crippen LogP contribution in [0.2, 0.25) is 0 Å². The highest BCUT2D eigenvalue weighted by Crippen LogP contribution is 2.42. The smallest absolute Gasteiger partial charge is 0.339 e. The number of amides is 2. The summed E-state index contributed by atoms with van der Waals surface area (Å²) in [4.78, 5) is 11.7. The number of halogens is 1. The van der Waals surface area contributed by atoms with E-state index in [1.54, 1.807) is 18.2 Å². The summed E-state index contributed by atoms with van der Waals surface area (Å²) in [6.07, 6.45) is 0.497. The number of nitrogens with one attached hydrogen (secondary N) is 1. The van der Waals surface area contributed by atoms with Gasteiger partial charge in [0.15, 0.2) is 10.5 Å². The van der Waals surface area contributed by atoms with Gasteiger partial charge in [0.2, 0.25) is 0 Å². The summed E-state index contributed by atoms with van der Waals surface area (Å²) < 4.78 is 13.5. The molecule has 9 heteroatoms. The maximum atomic E-state index is 13.7. The standard InChI is InChI=1S/C14H17FN4O2S2/c1-14(2)11(19(21)12(20)16-3)18(13(22)23-14)17-8-9-6-4-5-7-10(9)15/h4-8,11,21H,1-3H3,(H,16,20)/b17-8+. The first-order valence-electron chi connectivity index (χ1n) is 6.78. The number of thiocarbonyl (C=S) groups is 1. The highest BCUT2D eigenvalue weighted by atomic mass is 32.2. The maximum Gasteiger partial charge on any atom is 0.343 e. The average Bonchev–Trinajstić information content (AvgIpc) is 2.73. The van der Waals surface area contributed by atoms with Crippen molar-refractivity contribution in [3.63, 3.8) is 0 Å². The summed E-state index contributed by atoms with van der Waals surface area (Å²) in [5.74, 6) is -0.419. The molecule has 1 unspecified atom stereocenters. The van der Waals surface area contributed by atoms with Crippen molar-refractivity contribution in [2.75, 3.05) is 7.05 Å². The van der Waals surface area contributed by atoms with Crippen LogP contribution < -0.4 is 5.32 Å². The minimum Gasteiger partial charge on any atom is -0.339 e. The normalized spacial score (nSPS) is 20.1. The van der Waals surface area contributed by atoms with Crippen LogP contribution in [0, 0.1) is 5.82 Å². The summed E-state index contributed by atoms with van der Waals surface area (Å²) in [6, 6.07) is 5.48. The first-order chi connectivity index (χ1) is 10.8. The van der Waals surface area contributed by atoms with E-state index < -0.39 is 22.8 Å². The van der Waals surface area contributed by atoms with Crippen molar-refractivity contribution >= 4 is 40.5 Å². The van der Waals surface area contributed by atoms with Crippen LogP contribution in [0.25, 0.3) is 0 Å². The summed E-state index contributed by atoms with van der Waals surface area (Å²) in [6.45, 7) is 3.67. The second-order valence-electron chi connectivity index (χ2n) is 5.36. The molecule has 23 heavy (non-hydrogen) atoms. The average molecular weight is 356 g/mol. The molecule has 2 N–H and O–H groups in total. The Hall–Kier alpha value is -1.71. The Morgan fingerprint density at radius 1 is 1.57 bits per heavy atom. The number of nitrogens with zero attached hydrogens (tertiary/aromatic N) is 3. The molecule has 124 valence electrons. The molecular formula is C14H17FN4O2S2. The molecule has 0 radical (unpaired) electrons. The Balaban J connectivity index is 2.32. The van der Waals surface area contributed by atoms with Crippen molar-refractivity contribution in [3.8, 4) is 0 Å². The van der Waals surface area contributed by atoms with Crippen molar-refractivity contribution in [2.45, 2.75) is 24.8 Å². The monoisotopic (exact) mass is 356 g/mol. The van der Waals surface area contributed by atoms with Gasteiger partial charge in [0, 0.05) is 12.6 Å². The largest absolute Gasteiger partial charge is 0.343 e. The van der Waals surface area contributed by atoms with Crippen LogP contribution in [0.1, 0.15) is 19.4 Å². The lowest BCUT2D eigenvalue weighted by atomic mass is 10.1. The van der Waals surface area contributed by atoms with Crippen LogP contribution in [0.4, 0.5) is 9.18 Å². The van der Waals surface area contributed by atoms with Crippen LogP contribution in [-0.4, -0.2) is 49.8 Å². The molecule has 2 amide bonds. The minimum absolute atomic E-state index is 0.285. The van der Waals surface area contributed by atoms with Gasteiger partial charge in [-0.25, -0.2) is 14.2 Å². The predicted octanol–water partition coefficient (Wildman–Crippen LogP) is 2.63. The molecule has 6 nitrogen and oxygen atoms in total. The molecule has 1 fully saturated rings. The van der Waals surface area contributed by atoms with Gasteiger partial charge in [-0.3, -0.25) is 5.21 Å². The third-order valence-electron chi connectivity index (χ3n) is 3.27. The summed E-state index contributed by atoms with van der Waals surface area (Å²) >= 11 is 6.57. The van der Waals surface area contributed by atoms with Crippen molar-refractivity contribution in [1.29, 1.82) is 0 Å². The number of urea groups is 1. The van der Waals surface area contributed by atoms with Crippen LogP contribution in [0.5, 0.6) is 0 Å². The first kappa shape index (κ1) is 17.6. The van der Waals surface area contributed by atoms with E-state index in [9.17, 15) is 14.4 Å². The molecule has 1 atom stereocenters. The number of hydroxylamine groups is 2. The predicted molar refractivity (Wildman–Crippen MR) is 92.0 cm³/mol. The van der Waals surface area contributed by atoms with Crippen LogP contribution in [-0.2, 0) is 0 Å². The SMILES string of the molecule is CNC(=O)N(O)C1N(/N=C/c2ccccc2F)C(=S)SC1(C)C.